The van der Waals surface area contributed by atoms with E-state index in [0.717, 1.165) is 27.8 Å². The van der Waals surface area contributed by atoms with E-state index in [9.17, 15) is 19.5 Å². The summed E-state index contributed by atoms with van der Waals surface area (Å²) in [6, 6.07) is 8.56. The minimum absolute atomic E-state index is 0.0397. The Morgan fingerprint density at radius 3 is 2.74 bits per heavy atom. The third-order valence-corrected chi connectivity index (χ3v) is 6.31. The molecule has 0 saturated carbocycles. The summed E-state index contributed by atoms with van der Waals surface area (Å²) in [5.74, 6) is -0.781. The van der Waals surface area contributed by atoms with E-state index < -0.39 is 17.1 Å². The normalized spacial score (nSPS) is 15.0. The molecule has 0 aromatic heterocycles. The van der Waals surface area contributed by atoms with Crippen molar-refractivity contribution < 1.29 is 24.2 Å². The van der Waals surface area contributed by atoms with E-state index in [1.165, 1.54) is 12.1 Å². The number of amides is 3. The maximum Gasteiger partial charge on any atom is 0.294 e. The minimum Gasteiger partial charge on any atom is -0.504 e. The lowest BCUT2D eigenvalue weighted by Crippen LogP contribution is -2.36. The van der Waals surface area contributed by atoms with Crippen LogP contribution in [0, 0.1) is 13.8 Å². The number of carbonyl (C=O) groups is 3. The van der Waals surface area contributed by atoms with Gasteiger partial charge in [-0.2, -0.15) is 0 Å². The van der Waals surface area contributed by atoms with E-state index in [1.54, 1.807) is 19.1 Å². The Balaban J connectivity index is 1.77. The van der Waals surface area contributed by atoms with E-state index in [-0.39, 0.29) is 22.9 Å². The molecule has 0 aliphatic carbocycles. The van der Waals surface area contributed by atoms with Crippen LogP contribution in [0.4, 0.5) is 10.5 Å². The zero-order chi connectivity index (χ0) is 22.7. The second-order valence-electron chi connectivity index (χ2n) is 6.84. The molecule has 1 fully saturated rings. The molecule has 0 atom stereocenters. The highest BCUT2D eigenvalue weighted by molar-refractivity contribution is 9.10. The van der Waals surface area contributed by atoms with E-state index in [1.807, 2.05) is 26.0 Å². The highest BCUT2D eigenvalue weighted by Gasteiger charge is 2.36. The SMILES string of the molecule is CCOc1cc(/C=C2\SC(=O)N(CC(=O)Nc3cccc(C)c3C)C2=O)c(Br)cc1O. The van der Waals surface area contributed by atoms with Crippen molar-refractivity contribution in [2.24, 2.45) is 0 Å². The van der Waals surface area contributed by atoms with Crippen LogP contribution in [0.15, 0.2) is 39.7 Å². The first-order valence-electron chi connectivity index (χ1n) is 9.48. The number of phenols is 1. The number of phenolic OH excluding ortho intramolecular Hbond substituents is 1. The molecular formula is C22H21BrN2O5S. The summed E-state index contributed by atoms with van der Waals surface area (Å²) in [6.45, 7) is 5.59. The average molecular weight is 505 g/mol. The van der Waals surface area contributed by atoms with Crippen LogP contribution in [0.25, 0.3) is 6.08 Å². The molecule has 0 radical (unpaired) electrons. The van der Waals surface area contributed by atoms with Gasteiger partial charge in [-0.3, -0.25) is 19.3 Å². The lowest BCUT2D eigenvalue weighted by molar-refractivity contribution is -0.127. The topological polar surface area (TPSA) is 95.9 Å². The Morgan fingerprint density at radius 1 is 1.29 bits per heavy atom. The molecule has 2 aromatic carbocycles. The van der Waals surface area contributed by atoms with Gasteiger partial charge in [-0.1, -0.05) is 28.1 Å². The van der Waals surface area contributed by atoms with Gasteiger partial charge in [0, 0.05) is 10.2 Å². The number of benzene rings is 2. The number of ether oxygens (including phenoxy) is 1. The molecule has 0 unspecified atom stereocenters. The van der Waals surface area contributed by atoms with Crippen molar-refractivity contribution in [1.82, 2.24) is 4.90 Å². The first-order valence-corrected chi connectivity index (χ1v) is 11.1. The van der Waals surface area contributed by atoms with Crippen LogP contribution in [0.1, 0.15) is 23.6 Å². The number of aryl methyl sites for hydroxylation is 1. The Kier molecular flexibility index (Phi) is 7.07. The molecule has 7 nitrogen and oxygen atoms in total. The number of nitrogens with one attached hydrogen (secondary N) is 1. The Hall–Kier alpha value is -2.78. The number of halogens is 1. The summed E-state index contributed by atoms with van der Waals surface area (Å²) < 4.78 is 5.91. The molecule has 162 valence electrons. The molecule has 1 aliphatic heterocycles. The van der Waals surface area contributed by atoms with Gasteiger partial charge in [-0.15, -0.1) is 0 Å². The molecule has 1 aliphatic rings. The predicted octanol–water partition coefficient (Wildman–Crippen LogP) is 4.85. The van der Waals surface area contributed by atoms with E-state index in [4.69, 9.17) is 4.74 Å². The number of imide groups is 1. The van der Waals surface area contributed by atoms with E-state index in [0.29, 0.717) is 22.3 Å². The van der Waals surface area contributed by atoms with Crippen molar-refractivity contribution in [3.8, 4) is 11.5 Å². The van der Waals surface area contributed by atoms with Gasteiger partial charge in [0.05, 0.1) is 11.5 Å². The number of nitrogens with zero attached hydrogens (tertiary/aromatic N) is 1. The van der Waals surface area contributed by atoms with Gasteiger partial charge in [0.15, 0.2) is 11.5 Å². The van der Waals surface area contributed by atoms with Crippen molar-refractivity contribution in [3.05, 3.63) is 56.4 Å². The molecule has 0 spiro atoms. The number of carbonyl (C=O) groups excluding carboxylic acids is 3. The fraction of sp³-hybridized carbons (Fsp3) is 0.227. The van der Waals surface area contributed by atoms with Crippen LogP contribution in [-0.2, 0) is 9.59 Å². The number of rotatable bonds is 6. The van der Waals surface area contributed by atoms with E-state index in [2.05, 4.69) is 21.2 Å². The van der Waals surface area contributed by atoms with Gasteiger partial charge in [-0.05, 0) is 73.5 Å². The second-order valence-corrected chi connectivity index (χ2v) is 8.69. The monoisotopic (exact) mass is 504 g/mol. The van der Waals surface area contributed by atoms with Gasteiger partial charge < -0.3 is 15.2 Å². The summed E-state index contributed by atoms with van der Waals surface area (Å²) in [5.41, 5.74) is 3.15. The van der Waals surface area contributed by atoms with Crippen molar-refractivity contribution in [2.75, 3.05) is 18.5 Å². The third-order valence-electron chi connectivity index (χ3n) is 4.72. The Bertz CT molecular complexity index is 1100. The first-order chi connectivity index (χ1) is 14.7. The summed E-state index contributed by atoms with van der Waals surface area (Å²) in [5, 5.41) is 12.2. The van der Waals surface area contributed by atoms with Crippen LogP contribution in [-0.4, -0.2) is 40.2 Å². The zero-order valence-corrected chi connectivity index (χ0v) is 19.6. The zero-order valence-electron chi connectivity index (χ0n) is 17.2. The third kappa shape index (κ3) is 5.11. The molecule has 2 N–H and O–H groups in total. The molecule has 31 heavy (non-hydrogen) atoms. The summed E-state index contributed by atoms with van der Waals surface area (Å²) >= 11 is 4.09. The highest BCUT2D eigenvalue weighted by atomic mass is 79.9. The van der Waals surface area contributed by atoms with Crippen LogP contribution < -0.4 is 10.1 Å². The number of anilines is 1. The summed E-state index contributed by atoms with van der Waals surface area (Å²) in [7, 11) is 0. The summed E-state index contributed by atoms with van der Waals surface area (Å²) in [6.07, 6.45) is 1.53. The van der Waals surface area contributed by atoms with Crippen LogP contribution in [0.5, 0.6) is 11.5 Å². The van der Waals surface area contributed by atoms with Crippen molar-refractivity contribution in [2.45, 2.75) is 20.8 Å². The van der Waals surface area contributed by atoms with Gasteiger partial charge >= 0.3 is 0 Å². The van der Waals surface area contributed by atoms with Crippen molar-refractivity contribution in [3.63, 3.8) is 0 Å². The first kappa shape index (κ1) is 22.9. The number of hydrogen-bond donors (Lipinski definition) is 2. The molecule has 3 rings (SSSR count). The van der Waals surface area contributed by atoms with Gasteiger partial charge in [0.1, 0.15) is 6.54 Å². The standard InChI is InChI=1S/C22H21BrN2O5S/c1-4-30-18-8-14(15(23)10-17(18)26)9-19-21(28)25(22(29)31-19)11-20(27)24-16-7-5-6-12(2)13(16)3/h5-10,26H,4,11H2,1-3H3,(H,24,27)/b19-9-. The molecule has 1 heterocycles. The van der Waals surface area contributed by atoms with Crippen molar-refractivity contribution in [1.29, 1.82) is 0 Å². The smallest absolute Gasteiger partial charge is 0.294 e. The quantitative estimate of drug-likeness (QED) is 0.546. The lowest BCUT2D eigenvalue weighted by atomic mass is 10.1. The van der Waals surface area contributed by atoms with Gasteiger partial charge in [-0.25, -0.2) is 0 Å². The van der Waals surface area contributed by atoms with Gasteiger partial charge in [0.25, 0.3) is 11.1 Å². The van der Waals surface area contributed by atoms with Crippen LogP contribution >= 0.6 is 27.7 Å². The molecule has 0 bridgehead atoms. The number of aromatic hydroxyl groups is 1. The number of thioether (sulfide) groups is 1. The molecule has 2 aromatic rings. The molecule has 1 saturated heterocycles. The minimum atomic E-state index is -0.552. The van der Waals surface area contributed by atoms with Gasteiger partial charge in [0.2, 0.25) is 5.91 Å². The second kappa shape index (κ2) is 9.57. The van der Waals surface area contributed by atoms with Crippen LogP contribution in [0.2, 0.25) is 0 Å². The maximum atomic E-state index is 12.8. The fourth-order valence-corrected chi connectivity index (χ4v) is 4.21. The predicted molar refractivity (Wildman–Crippen MR) is 124 cm³/mol. The number of hydrogen-bond acceptors (Lipinski definition) is 6. The highest BCUT2D eigenvalue weighted by Crippen LogP contribution is 2.37. The fourth-order valence-electron chi connectivity index (χ4n) is 2.94. The lowest BCUT2D eigenvalue weighted by Gasteiger charge is -2.14. The van der Waals surface area contributed by atoms with Crippen molar-refractivity contribution >= 4 is 56.5 Å². The van der Waals surface area contributed by atoms with Crippen LogP contribution in [0.3, 0.4) is 0 Å². The molecular weight excluding hydrogens is 484 g/mol. The van der Waals surface area contributed by atoms with E-state index >= 15 is 0 Å². The summed E-state index contributed by atoms with van der Waals surface area (Å²) in [4.78, 5) is 38.7. The largest absolute Gasteiger partial charge is 0.504 e. The molecule has 3 amide bonds. The Morgan fingerprint density at radius 2 is 2.03 bits per heavy atom. The average Bonchev–Trinajstić information content (AvgIpc) is 2.96. The Labute approximate surface area is 192 Å². The maximum absolute atomic E-state index is 12.8. The molecule has 9 heteroatoms.